The lowest BCUT2D eigenvalue weighted by Gasteiger charge is -2.46. The lowest BCUT2D eigenvalue weighted by molar-refractivity contribution is -0.0792. The largest absolute Gasteiger partial charge is 0.397 e. The summed E-state index contributed by atoms with van der Waals surface area (Å²) in [6, 6.07) is 12.7. The molecule has 1 aliphatic carbocycles. The molecule has 108 valence electrons. The number of fused-ring (bicyclic) bond motifs is 3. The Morgan fingerprint density at radius 2 is 1.81 bits per heavy atom. The molecule has 2 aliphatic heterocycles. The summed E-state index contributed by atoms with van der Waals surface area (Å²) in [4.78, 5) is 4.39. The van der Waals surface area contributed by atoms with E-state index in [0.717, 1.165) is 17.9 Å². The quantitative estimate of drug-likeness (QED) is 0.915. The summed E-state index contributed by atoms with van der Waals surface area (Å²) in [5.41, 5.74) is 10.2. The maximum atomic E-state index is 5.94. The van der Waals surface area contributed by atoms with Crippen molar-refractivity contribution in [3.05, 3.63) is 48.2 Å². The van der Waals surface area contributed by atoms with Crippen molar-refractivity contribution < 1.29 is 4.74 Å². The molecule has 0 amide bonds. The van der Waals surface area contributed by atoms with Gasteiger partial charge in [-0.2, -0.15) is 0 Å². The molecule has 21 heavy (non-hydrogen) atoms. The molecule has 3 aliphatic rings. The topological polar surface area (TPSA) is 48.1 Å². The molecule has 1 aromatic heterocycles. The Hall–Kier alpha value is -1.87. The Kier molecular flexibility index (Phi) is 2.96. The molecule has 2 saturated heterocycles. The first-order valence-corrected chi connectivity index (χ1v) is 7.69. The number of nitrogens with two attached hydrogens (primary N) is 1. The summed E-state index contributed by atoms with van der Waals surface area (Å²) in [5.74, 6) is 0. The van der Waals surface area contributed by atoms with E-state index in [1.165, 1.54) is 31.2 Å². The van der Waals surface area contributed by atoms with Gasteiger partial charge in [-0.3, -0.25) is 4.98 Å². The summed E-state index contributed by atoms with van der Waals surface area (Å²) in [6.45, 7) is 0.886. The predicted octanol–water partition coefficient (Wildman–Crippen LogP) is 3.54. The molecule has 0 unspecified atom stereocenters. The molecule has 1 aromatic carbocycles. The van der Waals surface area contributed by atoms with Crippen LogP contribution in [0.25, 0.3) is 11.3 Å². The summed E-state index contributed by atoms with van der Waals surface area (Å²) in [7, 11) is 0. The Balaban J connectivity index is 1.63. The molecule has 1 saturated carbocycles. The first-order valence-electron chi connectivity index (χ1n) is 7.69. The smallest absolute Gasteiger partial charge is 0.0703 e. The van der Waals surface area contributed by atoms with Crippen LogP contribution >= 0.6 is 0 Å². The van der Waals surface area contributed by atoms with E-state index in [4.69, 9.17) is 10.5 Å². The van der Waals surface area contributed by atoms with Gasteiger partial charge >= 0.3 is 0 Å². The number of nitrogen functional groups attached to an aromatic ring is 1. The van der Waals surface area contributed by atoms with Crippen LogP contribution in [0.15, 0.2) is 42.6 Å². The number of hydrogen-bond acceptors (Lipinski definition) is 3. The van der Waals surface area contributed by atoms with Gasteiger partial charge in [0.05, 0.1) is 30.3 Å². The lowest BCUT2D eigenvalue weighted by Crippen LogP contribution is -2.45. The van der Waals surface area contributed by atoms with E-state index in [0.29, 0.717) is 11.8 Å². The van der Waals surface area contributed by atoms with Crippen molar-refractivity contribution in [2.24, 2.45) is 0 Å². The van der Waals surface area contributed by atoms with Crippen molar-refractivity contribution in [2.45, 2.75) is 37.2 Å². The van der Waals surface area contributed by atoms with E-state index < -0.39 is 0 Å². The molecule has 3 heterocycles. The van der Waals surface area contributed by atoms with Crippen LogP contribution in [-0.4, -0.2) is 17.7 Å². The summed E-state index contributed by atoms with van der Waals surface area (Å²) in [6.07, 6.45) is 7.17. The molecular weight excluding hydrogens is 260 g/mol. The van der Waals surface area contributed by atoms with Crippen molar-refractivity contribution >= 4 is 5.69 Å². The summed E-state index contributed by atoms with van der Waals surface area (Å²) >= 11 is 0. The van der Waals surface area contributed by atoms with Crippen molar-refractivity contribution in [3.8, 4) is 11.3 Å². The molecule has 0 radical (unpaired) electrons. The van der Waals surface area contributed by atoms with Crippen molar-refractivity contribution in [1.82, 2.24) is 4.98 Å². The van der Waals surface area contributed by atoms with Crippen LogP contribution in [0.1, 0.15) is 31.2 Å². The van der Waals surface area contributed by atoms with Gasteiger partial charge < -0.3 is 10.5 Å². The zero-order chi connectivity index (χ0) is 14.3. The van der Waals surface area contributed by atoms with Gasteiger partial charge in [-0.05, 0) is 43.4 Å². The molecule has 5 rings (SSSR count). The fourth-order valence-corrected chi connectivity index (χ4v) is 3.67. The van der Waals surface area contributed by atoms with E-state index in [1.54, 1.807) is 6.20 Å². The number of aromatic nitrogens is 1. The van der Waals surface area contributed by atoms with Crippen LogP contribution in [0, 0.1) is 0 Å². The van der Waals surface area contributed by atoms with Gasteiger partial charge in [-0.1, -0.05) is 24.3 Å². The van der Waals surface area contributed by atoms with Crippen LogP contribution in [0.4, 0.5) is 5.69 Å². The van der Waals surface area contributed by atoms with Crippen LogP contribution in [0.3, 0.4) is 0 Å². The normalized spacial score (nSPS) is 27.7. The summed E-state index contributed by atoms with van der Waals surface area (Å²) < 4.78 is 5.94. The number of nitrogens with zero attached hydrogens (tertiary/aromatic N) is 1. The fourth-order valence-electron chi connectivity index (χ4n) is 3.67. The Morgan fingerprint density at radius 3 is 2.38 bits per heavy atom. The van der Waals surface area contributed by atoms with Gasteiger partial charge in [0.15, 0.2) is 0 Å². The highest BCUT2D eigenvalue weighted by Crippen LogP contribution is 2.45. The van der Waals surface area contributed by atoms with Crippen LogP contribution in [0.5, 0.6) is 0 Å². The molecule has 0 atom stereocenters. The first-order chi connectivity index (χ1) is 10.3. The van der Waals surface area contributed by atoms with E-state index in [9.17, 15) is 0 Å². The second-order valence-corrected chi connectivity index (χ2v) is 6.34. The SMILES string of the molecule is Nc1ccc(-c2ccc(C34CCC(CC3)OC4)cc2)nc1. The Bertz CT molecular complexity index is 611. The van der Waals surface area contributed by atoms with Crippen LogP contribution < -0.4 is 5.73 Å². The second-order valence-electron chi connectivity index (χ2n) is 6.34. The average Bonchev–Trinajstić information content (AvgIpc) is 2.57. The number of anilines is 1. The van der Waals surface area contributed by atoms with Crippen LogP contribution in [-0.2, 0) is 10.2 Å². The maximum absolute atomic E-state index is 5.94. The third kappa shape index (κ3) is 2.22. The van der Waals surface area contributed by atoms with E-state index in [2.05, 4.69) is 29.2 Å². The van der Waals surface area contributed by atoms with E-state index >= 15 is 0 Å². The number of benzene rings is 1. The minimum absolute atomic E-state index is 0.252. The molecule has 3 fully saturated rings. The van der Waals surface area contributed by atoms with Crippen LogP contribution in [0.2, 0.25) is 0 Å². The Morgan fingerprint density at radius 1 is 1.05 bits per heavy atom. The van der Waals surface area contributed by atoms with Crippen molar-refractivity contribution in [1.29, 1.82) is 0 Å². The number of hydrogen-bond donors (Lipinski definition) is 1. The summed E-state index contributed by atoms with van der Waals surface area (Å²) in [5, 5.41) is 0. The predicted molar refractivity (Wildman–Crippen MR) is 84.0 cm³/mol. The average molecular weight is 280 g/mol. The van der Waals surface area contributed by atoms with Gasteiger partial charge in [0.25, 0.3) is 0 Å². The van der Waals surface area contributed by atoms with Crippen molar-refractivity contribution in [3.63, 3.8) is 0 Å². The molecular formula is C18H20N2O. The number of pyridine rings is 1. The van der Waals surface area contributed by atoms with E-state index in [-0.39, 0.29) is 5.41 Å². The maximum Gasteiger partial charge on any atom is 0.0703 e. The molecule has 2 N–H and O–H groups in total. The highest BCUT2D eigenvalue weighted by Gasteiger charge is 2.42. The fraction of sp³-hybridized carbons (Fsp3) is 0.389. The Labute approximate surface area is 125 Å². The number of rotatable bonds is 2. The van der Waals surface area contributed by atoms with Gasteiger partial charge in [-0.25, -0.2) is 0 Å². The zero-order valence-corrected chi connectivity index (χ0v) is 12.1. The molecule has 2 bridgehead atoms. The minimum atomic E-state index is 0.252. The van der Waals surface area contributed by atoms with Gasteiger partial charge in [0, 0.05) is 11.0 Å². The zero-order valence-electron chi connectivity index (χ0n) is 12.1. The standard InChI is InChI=1S/C18H20N2O/c19-15-5-6-17(20-11-15)13-1-3-14(4-2-13)18-9-7-16(8-10-18)21-12-18/h1-6,11,16H,7-10,12,19H2. The molecule has 2 aromatic rings. The third-order valence-corrected chi connectivity index (χ3v) is 5.06. The highest BCUT2D eigenvalue weighted by molar-refractivity contribution is 5.61. The molecule has 3 nitrogen and oxygen atoms in total. The third-order valence-electron chi connectivity index (χ3n) is 5.06. The van der Waals surface area contributed by atoms with Gasteiger partial charge in [0.1, 0.15) is 0 Å². The van der Waals surface area contributed by atoms with E-state index in [1.807, 2.05) is 12.1 Å². The van der Waals surface area contributed by atoms with Gasteiger partial charge in [-0.15, -0.1) is 0 Å². The molecule has 3 heteroatoms. The molecule has 0 spiro atoms. The first kappa shape index (κ1) is 12.8. The second kappa shape index (κ2) is 4.85. The highest BCUT2D eigenvalue weighted by atomic mass is 16.5. The van der Waals surface area contributed by atoms with Crippen molar-refractivity contribution in [2.75, 3.05) is 12.3 Å². The monoisotopic (exact) mass is 280 g/mol. The number of ether oxygens (including phenoxy) is 1. The minimum Gasteiger partial charge on any atom is -0.397 e. The lowest BCUT2D eigenvalue weighted by atomic mass is 9.67. The van der Waals surface area contributed by atoms with Gasteiger partial charge in [0.2, 0.25) is 0 Å².